The molecule has 3 aromatic rings. The average molecular weight is 452 g/mol. The fourth-order valence-corrected chi connectivity index (χ4v) is 6.11. The van der Waals surface area contributed by atoms with Crippen molar-refractivity contribution in [2.75, 3.05) is 11.9 Å². The molecule has 0 spiro atoms. The number of hydrogen-bond acceptors (Lipinski definition) is 5. The summed E-state index contributed by atoms with van der Waals surface area (Å²) in [7, 11) is 0. The zero-order valence-corrected chi connectivity index (χ0v) is 19.1. The molecule has 4 rings (SSSR count). The number of carbonyl (C=O) groups excluding carboxylic acids is 2. The van der Waals surface area contributed by atoms with Gasteiger partial charge < -0.3 is 10.1 Å². The Morgan fingerprint density at radius 2 is 1.71 bits per heavy atom. The second-order valence-corrected chi connectivity index (χ2v) is 9.63. The molecule has 160 valence electrons. The zero-order chi connectivity index (χ0) is 21.6. The molecule has 0 fully saturated rings. The Balaban J connectivity index is 1.65. The molecule has 1 aliphatic carbocycles. The van der Waals surface area contributed by atoms with E-state index in [0.717, 1.165) is 41.7 Å². The third-order valence-electron chi connectivity index (χ3n) is 5.23. The lowest BCUT2D eigenvalue weighted by Crippen LogP contribution is -2.20. The number of amides is 1. The van der Waals surface area contributed by atoms with Gasteiger partial charge in [0, 0.05) is 9.77 Å². The van der Waals surface area contributed by atoms with Gasteiger partial charge in [0.05, 0.1) is 12.2 Å². The van der Waals surface area contributed by atoms with Crippen LogP contribution >= 0.6 is 23.1 Å². The minimum absolute atomic E-state index is 0.135. The molecule has 4 nitrogen and oxygen atoms in total. The summed E-state index contributed by atoms with van der Waals surface area (Å²) in [5.74, 6) is -0.478. The second kappa shape index (κ2) is 10.2. The SMILES string of the molecule is CCOC(=O)c1c(NC(=O)[C@@H](Sc2ccccc2)c2ccccc2)sc2c1CCCC2. The van der Waals surface area contributed by atoms with Crippen molar-refractivity contribution in [2.24, 2.45) is 0 Å². The highest BCUT2D eigenvalue weighted by molar-refractivity contribution is 8.00. The highest BCUT2D eigenvalue weighted by atomic mass is 32.2. The van der Waals surface area contributed by atoms with Crippen LogP contribution < -0.4 is 5.32 Å². The van der Waals surface area contributed by atoms with Gasteiger partial charge in [-0.1, -0.05) is 48.5 Å². The van der Waals surface area contributed by atoms with Crippen LogP contribution in [0.15, 0.2) is 65.6 Å². The number of esters is 1. The molecule has 31 heavy (non-hydrogen) atoms. The molecular weight excluding hydrogens is 426 g/mol. The predicted octanol–water partition coefficient (Wildman–Crippen LogP) is 6.28. The van der Waals surface area contributed by atoms with Gasteiger partial charge >= 0.3 is 5.97 Å². The molecule has 1 amide bonds. The summed E-state index contributed by atoms with van der Waals surface area (Å²) in [6, 6.07) is 19.6. The summed E-state index contributed by atoms with van der Waals surface area (Å²) in [4.78, 5) is 28.4. The van der Waals surface area contributed by atoms with Crippen LogP contribution in [-0.2, 0) is 22.4 Å². The van der Waals surface area contributed by atoms with E-state index in [1.54, 1.807) is 6.92 Å². The average Bonchev–Trinajstić information content (AvgIpc) is 3.16. The molecule has 6 heteroatoms. The third kappa shape index (κ3) is 5.02. The smallest absolute Gasteiger partial charge is 0.341 e. The maximum atomic E-state index is 13.5. The number of anilines is 1. The molecule has 1 atom stereocenters. The van der Waals surface area contributed by atoms with Crippen LogP contribution in [0.25, 0.3) is 0 Å². The van der Waals surface area contributed by atoms with E-state index >= 15 is 0 Å². The van der Waals surface area contributed by atoms with Gasteiger partial charge in [-0.3, -0.25) is 4.79 Å². The first-order valence-electron chi connectivity index (χ1n) is 10.6. The lowest BCUT2D eigenvalue weighted by atomic mass is 9.95. The van der Waals surface area contributed by atoms with E-state index in [-0.39, 0.29) is 11.9 Å². The van der Waals surface area contributed by atoms with E-state index in [9.17, 15) is 9.59 Å². The number of thioether (sulfide) groups is 1. The fraction of sp³-hybridized carbons (Fsp3) is 0.280. The third-order valence-corrected chi connectivity index (χ3v) is 7.70. The van der Waals surface area contributed by atoms with E-state index in [2.05, 4.69) is 5.32 Å². The van der Waals surface area contributed by atoms with Gasteiger partial charge in [-0.05, 0) is 55.9 Å². The summed E-state index contributed by atoms with van der Waals surface area (Å²) in [5.41, 5.74) is 2.52. The van der Waals surface area contributed by atoms with Gasteiger partial charge in [-0.2, -0.15) is 0 Å². The Kier molecular flexibility index (Phi) is 7.10. The van der Waals surface area contributed by atoms with Crippen molar-refractivity contribution < 1.29 is 14.3 Å². The normalized spacial score (nSPS) is 13.8. The number of ether oxygens (including phenoxy) is 1. The van der Waals surface area contributed by atoms with E-state index in [0.29, 0.717) is 17.2 Å². The molecule has 1 N–H and O–H groups in total. The van der Waals surface area contributed by atoms with Gasteiger partial charge in [-0.15, -0.1) is 23.1 Å². The Bertz CT molecular complexity index is 1050. The highest BCUT2D eigenvalue weighted by Gasteiger charge is 2.29. The number of benzene rings is 2. The molecular formula is C25H25NO3S2. The van der Waals surface area contributed by atoms with Crippen LogP contribution in [0.4, 0.5) is 5.00 Å². The maximum absolute atomic E-state index is 13.5. The number of thiophene rings is 1. The highest BCUT2D eigenvalue weighted by Crippen LogP contribution is 2.41. The molecule has 0 aliphatic heterocycles. The summed E-state index contributed by atoms with van der Waals surface area (Å²) < 4.78 is 5.33. The summed E-state index contributed by atoms with van der Waals surface area (Å²) in [5, 5.41) is 3.27. The van der Waals surface area contributed by atoms with Crippen molar-refractivity contribution in [3.05, 3.63) is 82.2 Å². The summed E-state index contributed by atoms with van der Waals surface area (Å²) >= 11 is 3.03. The first-order chi connectivity index (χ1) is 15.2. The summed E-state index contributed by atoms with van der Waals surface area (Å²) in [6.07, 6.45) is 3.97. The second-order valence-electron chi connectivity index (χ2n) is 7.35. The van der Waals surface area contributed by atoms with Crippen molar-refractivity contribution in [3.8, 4) is 0 Å². The lowest BCUT2D eigenvalue weighted by Gasteiger charge is -2.17. The Morgan fingerprint density at radius 1 is 1.03 bits per heavy atom. The largest absolute Gasteiger partial charge is 0.462 e. The van der Waals surface area contributed by atoms with Gasteiger partial charge in [0.25, 0.3) is 0 Å². The molecule has 1 aromatic heterocycles. The number of rotatable bonds is 7. The van der Waals surface area contributed by atoms with Gasteiger partial charge in [0.2, 0.25) is 5.91 Å². The first kappa shape index (κ1) is 21.7. The van der Waals surface area contributed by atoms with Gasteiger partial charge in [0.15, 0.2) is 0 Å². The maximum Gasteiger partial charge on any atom is 0.341 e. The van der Waals surface area contributed by atoms with Crippen LogP contribution in [0.2, 0.25) is 0 Å². The number of aryl methyl sites for hydroxylation is 1. The number of fused-ring (bicyclic) bond motifs is 1. The topological polar surface area (TPSA) is 55.4 Å². The van der Waals surface area contributed by atoms with E-state index in [1.165, 1.54) is 28.0 Å². The van der Waals surface area contributed by atoms with Crippen molar-refractivity contribution in [3.63, 3.8) is 0 Å². The van der Waals surface area contributed by atoms with Crippen LogP contribution in [0.5, 0.6) is 0 Å². The predicted molar refractivity (Wildman–Crippen MR) is 127 cm³/mol. The Labute approximate surface area is 191 Å². The molecule has 0 saturated carbocycles. The minimum Gasteiger partial charge on any atom is -0.462 e. The van der Waals surface area contributed by atoms with Crippen LogP contribution in [0.1, 0.15) is 51.4 Å². The number of carbonyl (C=O) groups is 2. The molecule has 0 radical (unpaired) electrons. The molecule has 1 heterocycles. The fourth-order valence-electron chi connectivity index (χ4n) is 3.79. The van der Waals surface area contributed by atoms with Crippen molar-refractivity contribution in [2.45, 2.75) is 42.8 Å². The van der Waals surface area contributed by atoms with Crippen molar-refractivity contribution in [1.82, 2.24) is 0 Å². The van der Waals surface area contributed by atoms with Crippen LogP contribution in [0, 0.1) is 0 Å². The number of hydrogen-bond donors (Lipinski definition) is 1. The molecule has 0 unspecified atom stereocenters. The molecule has 0 saturated heterocycles. The molecule has 2 aromatic carbocycles. The minimum atomic E-state index is -0.433. The van der Waals surface area contributed by atoms with Gasteiger partial charge in [-0.25, -0.2) is 4.79 Å². The molecule has 1 aliphatic rings. The monoisotopic (exact) mass is 451 g/mol. The standard InChI is InChI=1S/C25H25NO3S2/c1-2-29-25(28)21-19-15-9-10-16-20(19)31-24(21)26-23(27)22(17-11-5-3-6-12-17)30-18-13-7-4-8-14-18/h3-8,11-14,22H,2,9-10,15-16H2,1H3,(H,26,27)/t22-/m0/s1. The van der Waals surface area contributed by atoms with E-state index < -0.39 is 5.25 Å². The lowest BCUT2D eigenvalue weighted by molar-refractivity contribution is -0.115. The number of nitrogens with one attached hydrogen (secondary N) is 1. The van der Waals surface area contributed by atoms with Crippen molar-refractivity contribution >= 4 is 40.0 Å². The zero-order valence-electron chi connectivity index (χ0n) is 17.4. The quantitative estimate of drug-likeness (QED) is 0.339. The van der Waals surface area contributed by atoms with E-state index in [4.69, 9.17) is 4.74 Å². The van der Waals surface area contributed by atoms with Gasteiger partial charge in [0.1, 0.15) is 10.3 Å². The summed E-state index contributed by atoms with van der Waals surface area (Å²) in [6.45, 7) is 2.12. The van der Waals surface area contributed by atoms with E-state index in [1.807, 2.05) is 60.7 Å². The van der Waals surface area contributed by atoms with Crippen LogP contribution in [-0.4, -0.2) is 18.5 Å². The van der Waals surface area contributed by atoms with Crippen molar-refractivity contribution in [1.29, 1.82) is 0 Å². The molecule has 0 bridgehead atoms. The first-order valence-corrected chi connectivity index (χ1v) is 12.3. The Hall–Kier alpha value is -2.57. The van der Waals surface area contributed by atoms with Crippen LogP contribution in [0.3, 0.4) is 0 Å². The Morgan fingerprint density at radius 3 is 2.42 bits per heavy atom.